The van der Waals surface area contributed by atoms with Gasteiger partial charge in [0.05, 0.1) is 6.61 Å². The van der Waals surface area contributed by atoms with Crippen LogP contribution in [0.25, 0.3) is 0 Å². The van der Waals surface area contributed by atoms with Gasteiger partial charge in [0.15, 0.2) is 11.6 Å². The van der Waals surface area contributed by atoms with Gasteiger partial charge in [-0.25, -0.2) is 8.78 Å². The van der Waals surface area contributed by atoms with Crippen LogP contribution in [-0.4, -0.2) is 26.0 Å². The van der Waals surface area contributed by atoms with E-state index in [0.29, 0.717) is 25.1 Å². The summed E-state index contributed by atoms with van der Waals surface area (Å²) in [7, 11) is -2.69. The Bertz CT molecular complexity index is 1430. The van der Waals surface area contributed by atoms with Crippen molar-refractivity contribution in [1.82, 2.24) is 5.32 Å². The van der Waals surface area contributed by atoms with Crippen LogP contribution in [0.1, 0.15) is 53.0 Å². The van der Waals surface area contributed by atoms with Gasteiger partial charge in [-0.1, -0.05) is 54.6 Å². The van der Waals surface area contributed by atoms with Crippen LogP contribution in [0.2, 0.25) is 0 Å². The molecule has 4 aromatic rings. The monoisotopic (exact) mass is 591 g/mol. The van der Waals surface area contributed by atoms with E-state index < -0.39 is 19.0 Å². The molecule has 1 N–H and O–H groups in total. The molecule has 222 valence electrons. The lowest BCUT2D eigenvalue weighted by molar-refractivity contribution is 0.304. The average molecular weight is 592 g/mol. The van der Waals surface area contributed by atoms with Crippen LogP contribution < -0.4 is 14.6 Å². The Hall–Kier alpha value is -3.47. The molecule has 0 aliphatic carbocycles. The van der Waals surface area contributed by atoms with Crippen molar-refractivity contribution >= 4 is 7.37 Å². The number of halogens is 2. The number of para-hydroxylation sites is 1. The second kappa shape index (κ2) is 15.1. The van der Waals surface area contributed by atoms with Gasteiger partial charge >= 0.3 is 0 Å². The van der Waals surface area contributed by atoms with Crippen molar-refractivity contribution in [3.05, 3.63) is 130 Å². The van der Waals surface area contributed by atoms with Crippen LogP contribution >= 0.6 is 7.37 Å². The maximum Gasteiger partial charge on any atom is 0.245 e. The zero-order chi connectivity index (χ0) is 30.0. The number of rotatable bonds is 15. The normalized spacial score (nSPS) is 13.4. The molecule has 0 radical (unpaired) electrons. The van der Waals surface area contributed by atoms with Crippen LogP contribution in [0.5, 0.6) is 11.5 Å². The van der Waals surface area contributed by atoms with E-state index in [1.165, 1.54) is 23.3 Å². The van der Waals surface area contributed by atoms with Crippen LogP contribution in [0.3, 0.4) is 0 Å². The minimum absolute atomic E-state index is 0.0528. The molecule has 7 heteroatoms. The summed E-state index contributed by atoms with van der Waals surface area (Å²) in [5.41, 5.74) is 5.36. The quantitative estimate of drug-likeness (QED) is 0.111. The number of hydrogen-bond acceptors (Lipinski definition) is 4. The predicted molar refractivity (Wildman–Crippen MR) is 167 cm³/mol. The van der Waals surface area contributed by atoms with Gasteiger partial charge in [0, 0.05) is 25.3 Å². The lowest BCUT2D eigenvalue weighted by Gasteiger charge is -2.20. The third-order valence-corrected chi connectivity index (χ3v) is 9.12. The molecular formula is C35H40F2NO3P. The first-order valence-electron chi connectivity index (χ1n) is 14.5. The summed E-state index contributed by atoms with van der Waals surface area (Å²) in [4.78, 5) is 0. The van der Waals surface area contributed by atoms with Crippen molar-refractivity contribution in [2.45, 2.75) is 45.6 Å². The molecular weight excluding hydrogens is 551 g/mol. The molecule has 0 saturated carbocycles. The molecule has 0 amide bonds. The second-order valence-electron chi connectivity index (χ2n) is 10.9. The lowest BCUT2D eigenvalue weighted by atomic mass is 9.86. The van der Waals surface area contributed by atoms with Gasteiger partial charge in [0.2, 0.25) is 7.37 Å². The number of aryl methyl sites for hydroxylation is 2. The van der Waals surface area contributed by atoms with E-state index in [1.807, 2.05) is 54.6 Å². The first-order valence-corrected chi connectivity index (χ1v) is 16.7. The molecule has 0 fully saturated rings. The molecule has 4 nitrogen and oxygen atoms in total. The molecule has 0 spiro atoms. The van der Waals surface area contributed by atoms with Gasteiger partial charge in [-0.3, -0.25) is 4.57 Å². The molecule has 4 rings (SSSR count). The Labute approximate surface area is 248 Å². The smallest absolute Gasteiger partial charge is 0.245 e. The SMILES string of the molecule is Cc1ccc(C(CCCOc2ccc(CNCCCP(C)(=O)Oc3ccccc3)cc2)c2ccc(F)c(F)c2)cc1C. The van der Waals surface area contributed by atoms with E-state index in [-0.39, 0.29) is 5.92 Å². The third kappa shape index (κ3) is 9.54. The molecule has 0 aromatic heterocycles. The predicted octanol–water partition coefficient (Wildman–Crippen LogP) is 9.04. The highest BCUT2D eigenvalue weighted by atomic mass is 31.2. The maximum atomic E-state index is 14.1. The summed E-state index contributed by atoms with van der Waals surface area (Å²) in [6.45, 7) is 7.78. The van der Waals surface area contributed by atoms with Crippen molar-refractivity contribution in [3.63, 3.8) is 0 Å². The molecule has 0 heterocycles. The Morgan fingerprint density at radius 1 is 0.786 bits per heavy atom. The van der Waals surface area contributed by atoms with Gasteiger partial charge in [-0.05, 0) is 104 Å². The summed E-state index contributed by atoms with van der Waals surface area (Å²) >= 11 is 0. The third-order valence-electron chi connectivity index (χ3n) is 7.40. The fourth-order valence-electron chi connectivity index (χ4n) is 4.89. The Balaban J connectivity index is 1.21. The summed E-state index contributed by atoms with van der Waals surface area (Å²) in [5.74, 6) is -0.278. The van der Waals surface area contributed by atoms with Gasteiger partial charge in [0.25, 0.3) is 0 Å². The minimum Gasteiger partial charge on any atom is -0.494 e. The van der Waals surface area contributed by atoms with Crippen molar-refractivity contribution in [2.75, 3.05) is 26.0 Å². The van der Waals surface area contributed by atoms with Crippen molar-refractivity contribution < 1.29 is 22.6 Å². The number of nitrogens with one attached hydrogen (secondary N) is 1. The molecule has 4 aromatic carbocycles. The summed E-state index contributed by atoms with van der Waals surface area (Å²) < 4.78 is 52.0. The highest BCUT2D eigenvalue weighted by molar-refractivity contribution is 7.58. The second-order valence-corrected chi connectivity index (χ2v) is 13.5. The fraction of sp³-hybridized carbons (Fsp3) is 0.314. The Kier molecular flexibility index (Phi) is 11.3. The minimum atomic E-state index is -2.69. The van der Waals surface area contributed by atoms with E-state index in [0.717, 1.165) is 48.2 Å². The zero-order valence-electron chi connectivity index (χ0n) is 24.6. The van der Waals surface area contributed by atoms with Gasteiger partial charge in [0.1, 0.15) is 11.5 Å². The highest BCUT2D eigenvalue weighted by Gasteiger charge is 2.18. The zero-order valence-corrected chi connectivity index (χ0v) is 25.5. The van der Waals surface area contributed by atoms with E-state index in [2.05, 4.69) is 37.4 Å². The average Bonchev–Trinajstić information content (AvgIpc) is 2.97. The Morgan fingerprint density at radius 3 is 2.21 bits per heavy atom. The van der Waals surface area contributed by atoms with Gasteiger partial charge in [-0.15, -0.1) is 0 Å². The summed E-state index contributed by atoms with van der Waals surface area (Å²) in [6.07, 6.45) is 2.78. The van der Waals surface area contributed by atoms with Crippen molar-refractivity contribution in [2.24, 2.45) is 0 Å². The van der Waals surface area contributed by atoms with E-state index in [4.69, 9.17) is 9.26 Å². The number of ether oxygens (including phenoxy) is 1. The standard InChI is InChI=1S/C35H40F2NO3P/c1-26-12-15-29(23-27(26)2)33(30-16-19-34(36)35(37)24-30)11-7-21-40-31-17-13-28(14-18-31)25-38-20-8-22-42(3,39)41-32-9-5-4-6-10-32/h4-6,9-10,12-19,23-24,33,38H,7-8,11,20-22,25H2,1-3H3. The largest absolute Gasteiger partial charge is 0.494 e. The topological polar surface area (TPSA) is 47.6 Å². The molecule has 42 heavy (non-hydrogen) atoms. The van der Waals surface area contributed by atoms with Crippen molar-refractivity contribution in [3.8, 4) is 11.5 Å². The van der Waals surface area contributed by atoms with Gasteiger partial charge in [-0.2, -0.15) is 0 Å². The number of benzene rings is 4. The first-order chi connectivity index (χ1) is 20.2. The van der Waals surface area contributed by atoms with Crippen molar-refractivity contribution in [1.29, 1.82) is 0 Å². The molecule has 2 unspecified atom stereocenters. The maximum absolute atomic E-state index is 14.1. The molecule has 2 atom stereocenters. The van der Waals surface area contributed by atoms with Gasteiger partial charge < -0.3 is 14.6 Å². The van der Waals surface area contributed by atoms with E-state index >= 15 is 0 Å². The van der Waals surface area contributed by atoms with Crippen LogP contribution in [0.4, 0.5) is 8.78 Å². The van der Waals surface area contributed by atoms with Crippen LogP contribution in [-0.2, 0) is 11.1 Å². The molecule has 0 aliphatic rings. The fourth-order valence-corrected chi connectivity index (χ4v) is 6.28. The first kappa shape index (κ1) is 31.5. The van der Waals surface area contributed by atoms with E-state index in [9.17, 15) is 13.3 Å². The summed E-state index contributed by atoms with van der Waals surface area (Å²) in [5, 5.41) is 3.40. The molecule has 0 aliphatic heterocycles. The highest BCUT2D eigenvalue weighted by Crippen LogP contribution is 2.43. The Morgan fingerprint density at radius 2 is 1.50 bits per heavy atom. The van der Waals surface area contributed by atoms with Crippen LogP contribution in [0, 0.1) is 25.5 Å². The lowest BCUT2D eigenvalue weighted by Crippen LogP contribution is -2.16. The van der Waals surface area contributed by atoms with Crippen LogP contribution in [0.15, 0.2) is 91.0 Å². The van der Waals surface area contributed by atoms with E-state index in [1.54, 1.807) is 12.7 Å². The number of hydrogen-bond donors (Lipinski definition) is 1. The summed E-state index contributed by atoms with van der Waals surface area (Å²) in [6, 6.07) is 27.7. The molecule has 0 saturated heterocycles. The molecule has 0 bridgehead atoms.